The van der Waals surface area contributed by atoms with Crippen molar-refractivity contribution in [2.24, 2.45) is 0 Å². The number of aryl methyl sites for hydroxylation is 1. The Hall–Kier alpha value is -2.61. The number of rotatable bonds is 4. The molecule has 0 spiro atoms. The van der Waals surface area contributed by atoms with Gasteiger partial charge in [-0.2, -0.15) is 0 Å². The Kier molecular flexibility index (Phi) is 5.10. The molecule has 27 heavy (non-hydrogen) atoms. The second-order valence-electron chi connectivity index (χ2n) is 6.88. The van der Waals surface area contributed by atoms with Gasteiger partial charge in [-0.25, -0.2) is 9.18 Å². The van der Waals surface area contributed by atoms with Gasteiger partial charge in [-0.1, -0.05) is 0 Å². The maximum absolute atomic E-state index is 15.1. The van der Waals surface area contributed by atoms with E-state index in [1.165, 1.54) is 13.3 Å². The number of carboxylic acids is 1. The molecule has 1 aromatic carbocycles. The molecule has 146 valence electrons. The molecule has 0 aliphatic carbocycles. The number of benzene rings is 1. The number of ether oxygens (including phenoxy) is 1. The molecule has 0 amide bonds. The summed E-state index contributed by atoms with van der Waals surface area (Å²) in [5.74, 6) is -1.66. The van der Waals surface area contributed by atoms with E-state index in [9.17, 15) is 14.7 Å². The molecular weight excluding hydrogens is 353 g/mol. The number of piperazine rings is 1. The number of pyridine rings is 1. The van der Waals surface area contributed by atoms with E-state index < -0.39 is 17.2 Å². The van der Waals surface area contributed by atoms with Crippen LogP contribution in [0.25, 0.3) is 10.9 Å². The highest BCUT2D eigenvalue weighted by Gasteiger charge is 2.29. The summed E-state index contributed by atoms with van der Waals surface area (Å²) in [4.78, 5) is 28.1. The monoisotopic (exact) mass is 377 g/mol. The van der Waals surface area contributed by atoms with Crippen molar-refractivity contribution in [3.8, 4) is 5.75 Å². The quantitative estimate of drug-likeness (QED) is 0.879. The van der Waals surface area contributed by atoms with Gasteiger partial charge in [-0.15, -0.1) is 0 Å². The summed E-state index contributed by atoms with van der Waals surface area (Å²) in [5, 5.41) is 9.31. The number of carbonyl (C=O) groups is 1. The molecule has 0 bridgehead atoms. The molecule has 0 radical (unpaired) electrons. The Morgan fingerprint density at radius 2 is 2.11 bits per heavy atom. The van der Waals surface area contributed by atoms with Crippen molar-refractivity contribution in [2.45, 2.75) is 26.4 Å². The molecule has 1 fully saturated rings. The van der Waals surface area contributed by atoms with Gasteiger partial charge in [0.15, 0.2) is 11.6 Å². The van der Waals surface area contributed by atoms with Crippen LogP contribution in [0.2, 0.25) is 0 Å². The van der Waals surface area contributed by atoms with E-state index >= 15 is 4.39 Å². The Morgan fingerprint density at radius 1 is 1.41 bits per heavy atom. The summed E-state index contributed by atoms with van der Waals surface area (Å²) in [5.41, 5.74) is -0.364. The van der Waals surface area contributed by atoms with E-state index in [-0.39, 0.29) is 22.7 Å². The van der Waals surface area contributed by atoms with Crippen LogP contribution in [0.5, 0.6) is 5.75 Å². The largest absolute Gasteiger partial charge is 0.492 e. The third-order valence-corrected chi connectivity index (χ3v) is 5.30. The van der Waals surface area contributed by atoms with E-state index in [1.54, 1.807) is 4.57 Å². The summed E-state index contributed by atoms with van der Waals surface area (Å²) in [7, 11) is 3.46. The lowest BCUT2D eigenvalue weighted by molar-refractivity contribution is 0.0695. The highest BCUT2D eigenvalue weighted by Crippen LogP contribution is 2.38. The fourth-order valence-corrected chi connectivity index (χ4v) is 3.63. The molecule has 2 aromatic rings. The van der Waals surface area contributed by atoms with Crippen LogP contribution < -0.4 is 15.1 Å². The molecule has 1 atom stereocenters. The maximum atomic E-state index is 15.1. The first kappa shape index (κ1) is 19.2. The van der Waals surface area contributed by atoms with Gasteiger partial charge in [0, 0.05) is 38.4 Å². The average Bonchev–Trinajstić information content (AvgIpc) is 2.63. The standard InChI is InChI=1S/C19H24FN3O4/c1-5-22-10-13(19(25)26)17(24)12-8-14(20)16(18(27-4)15(12)22)23-7-6-21(3)11(2)9-23/h8,10-11H,5-7,9H2,1-4H3,(H,25,26). The Morgan fingerprint density at radius 3 is 2.67 bits per heavy atom. The smallest absolute Gasteiger partial charge is 0.341 e. The first-order chi connectivity index (χ1) is 12.8. The van der Waals surface area contributed by atoms with E-state index in [0.717, 1.165) is 12.6 Å². The molecule has 2 heterocycles. The first-order valence-corrected chi connectivity index (χ1v) is 8.92. The van der Waals surface area contributed by atoms with Crippen molar-refractivity contribution in [3.05, 3.63) is 33.9 Å². The van der Waals surface area contributed by atoms with Crippen LogP contribution in [0.15, 0.2) is 17.1 Å². The Balaban J connectivity index is 2.31. The van der Waals surface area contributed by atoms with Gasteiger partial charge in [0.1, 0.15) is 11.3 Å². The second kappa shape index (κ2) is 7.19. The lowest BCUT2D eigenvalue weighted by Gasteiger charge is -2.39. The number of likely N-dealkylation sites (N-methyl/N-ethyl adjacent to an activating group) is 1. The molecule has 0 saturated carbocycles. The zero-order valence-corrected chi connectivity index (χ0v) is 16.0. The number of aromatic nitrogens is 1. The van der Waals surface area contributed by atoms with Crippen LogP contribution in [-0.4, -0.2) is 60.4 Å². The van der Waals surface area contributed by atoms with Crippen LogP contribution in [0.1, 0.15) is 24.2 Å². The van der Waals surface area contributed by atoms with E-state index in [2.05, 4.69) is 11.8 Å². The lowest BCUT2D eigenvalue weighted by Crippen LogP contribution is -2.50. The van der Waals surface area contributed by atoms with Gasteiger partial charge in [0.2, 0.25) is 5.43 Å². The molecule has 1 N–H and O–H groups in total. The lowest BCUT2D eigenvalue weighted by atomic mass is 10.1. The van der Waals surface area contributed by atoms with Crippen molar-refractivity contribution < 1.29 is 19.0 Å². The van der Waals surface area contributed by atoms with Gasteiger partial charge in [-0.05, 0) is 27.0 Å². The van der Waals surface area contributed by atoms with Crippen molar-refractivity contribution in [1.82, 2.24) is 9.47 Å². The first-order valence-electron chi connectivity index (χ1n) is 8.92. The van der Waals surface area contributed by atoms with Crippen molar-refractivity contribution in [2.75, 3.05) is 38.7 Å². The fraction of sp³-hybridized carbons (Fsp3) is 0.474. The molecule has 8 heteroatoms. The normalized spacial score (nSPS) is 18.1. The Labute approximate surface area is 156 Å². The van der Waals surface area contributed by atoms with Crippen LogP contribution >= 0.6 is 0 Å². The van der Waals surface area contributed by atoms with Gasteiger partial charge < -0.3 is 24.2 Å². The van der Waals surface area contributed by atoms with Crippen LogP contribution in [-0.2, 0) is 6.54 Å². The molecule has 1 unspecified atom stereocenters. The molecule has 1 saturated heterocycles. The van der Waals surface area contributed by atoms with Crippen molar-refractivity contribution in [1.29, 1.82) is 0 Å². The van der Waals surface area contributed by atoms with Crippen molar-refractivity contribution >= 4 is 22.6 Å². The third-order valence-electron chi connectivity index (χ3n) is 5.30. The molecule has 7 nitrogen and oxygen atoms in total. The minimum Gasteiger partial charge on any atom is -0.492 e. The summed E-state index contributed by atoms with van der Waals surface area (Å²) in [6.07, 6.45) is 1.30. The number of fused-ring (bicyclic) bond motifs is 1. The summed E-state index contributed by atoms with van der Waals surface area (Å²) < 4.78 is 22.3. The van der Waals surface area contributed by atoms with Crippen molar-refractivity contribution in [3.63, 3.8) is 0 Å². The van der Waals surface area contributed by atoms with Gasteiger partial charge in [-0.3, -0.25) is 4.79 Å². The minimum atomic E-state index is -1.33. The van der Waals surface area contributed by atoms with E-state index in [1.807, 2.05) is 18.9 Å². The minimum absolute atomic E-state index is 0.0111. The van der Waals surface area contributed by atoms with Crippen LogP contribution in [0, 0.1) is 5.82 Å². The van der Waals surface area contributed by atoms with Gasteiger partial charge in [0.05, 0.1) is 18.0 Å². The number of carboxylic acid groups (broad SMARTS) is 1. The summed E-state index contributed by atoms with van der Waals surface area (Å²) in [6.45, 7) is 6.34. The van der Waals surface area contributed by atoms with E-state index in [4.69, 9.17) is 4.74 Å². The number of methoxy groups -OCH3 is 1. The van der Waals surface area contributed by atoms with E-state index in [0.29, 0.717) is 30.8 Å². The third kappa shape index (κ3) is 3.14. The maximum Gasteiger partial charge on any atom is 0.341 e. The molecule has 1 aromatic heterocycles. The number of halogens is 1. The predicted molar refractivity (Wildman–Crippen MR) is 102 cm³/mol. The number of hydrogen-bond donors (Lipinski definition) is 1. The van der Waals surface area contributed by atoms with Crippen LogP contribution in [0.3, 0.4) is 0 Å². The SMILES string of the molecule is CCn1cc(C(=O)O)c(=O)c2cc(F)c(N3CCN(C)C(C)C3)c(OC)c21. The molecule has 1 aliphatic heterocycles. The molecular formula is C19H24FN3O4. The zero-order valence-electron chi connectivity index (χ0n) is 16.0. The zero-order chi connectivity index (χ0) is 19.9. The average molecular weight is 377 g/mol. The highest BCUT2D eigenvalue weighted by atomic mass is 19.1. The highest BCUT2D eigenvalue weighted by molar-refractivity contribution is 5.97. The topological polar surface area (TPSA) is 75.0 Å². The molecule has 1 aliphatic rings. The number of aromatic carboxylic acids is 1. The van der Waals surface area contributed by atoms with Gasteiger partial charge in [0.25, 0.3) is 0 Å². The Bertz CT molecular complexity index is 956. The summed E-state index contributed by atoms with van der Waals surface area (Å²) >= 11 is 0. The number of anilines is 1. The summed E-state index contributed by atoms with van der Waals surface area (Å²) in [6, 6.07) is 1.37. The number of nitrogens with zero attached hydrogens (tertiary/aromatic N) is 3. The molecule has 3 rings (SSSR count). The second-order valence-corrected chi connectivity index (χ2v) is 6.88. The van der Waals surface area contributed by atoms with Crippen LogP contribution in [0.4, 0.5) is 10.1 Å². The fourth-order valence-electron chi connectivity index (χ4n) is 3.63. The number of hydrogen-bond acceptors (Lipinski definition) is 5. The predicted octanol–water partition coefficient (Wildman–Crippen LogP) is 2.01. The van der Waals surface area contributed by atoms with Gasteiger partial charge >= 0.3 is 5.97 Å².